The summed E-state index contributed by atoms with van der Waals surface area (Å²) in [6.45, 7) is 9.75. The molecule has 1 aliphatic carbocycles. The van der Waals surface area contributed by atoms with E-state index in [-0.39, 0.29) is 5.41 Å². The van der Waals surface area contributed by atoms with Crippen LogP contribution in [0.4, 0.5) is 0 Å². The maximum absolute atomic E-state index is 10.6. The minimum absolute atomic E-state index is 0.201. The van der Waals surface area contributed by atoms with Gasteiger partial charge in [-0.1, -0.05) is 18.2 Å². The summed E-state index contributed by atoms with van der Waals surface area (Å²) in [6.07, 6.45) is 12.6. The average molecular weight is 218 g/mol. The van der Waals surface area contributed by atoms with Crippen molar-refractivity contribution in [3.05, 3.63) is 24.8 Å². The minimum atomic E-state index is -0.835. The molecule has 0 spiro atoms. The van der Waals surface area contributed by atoms with E-state index in [1.165, 1.54) is 0 Å². The molecule has 0 bridgehead atoms. The fourth-order valence-corrected chi connectivity index (χ4v) is 2.96. The van der Waals surface area contributed by atoms with E-state index in [0.717, 1.165) is 37.7 Å². The molecule has 1 rings (SSSR count). The second kappa shape index (κ2) is 4.89. The van der Waals surface area contributed by atoms with E-state index in [1.807, 2.05) is 13.0 Å². The molecule has 0 aromatic rings. The zero-order valence-electron chi connectivity index (χ0n) is 10.3. The quantitative estimate of drug-likeness (QED) is 0.553. The molecule has 0 heterocycles. The Kier molecular flexibility index (Phi) is 3.99. The lowest BCUT2D eigenvalue weighted by Gasteiger charge is -2.43. The highest BCUT2D eigenvalue weighted by atomic mass is 16.3. The monoisotopic (exact) mass is 218 g/mol. The lowest BCUT2D eigenvalue weighted by molar-refractivity contribution is -0.0467. The highest BCUT2D eigenvalue weighted by molar-refractivity contribution is 5.23. The molecule has 1 aliphatic rings. The second-order valence-corrected chi connectivity index (χ2v) is 5.02. The zero-order valence-corrected chi connectivity index (χ0v) is 10.3. The van der Waals surface area contributed by atoms with Crippen LogP contribution in [0.3, 0.4) is 0 Å². The number of hydrogen-bond donors (Lipinski definition) is 1. The van der Waals surface area contributed by atoms with Crippen LogP contribution >= 0.6 is 0 Å². The molecule has 1 unspecified atom stereocenters. The first-order chi connectivity index (χ1) is 7.50. The first-order valence-corrected chi connectivity index (χ1v) is 5.95. The molecular formula is C15H22O. The van der Waals surface area contributed by atoms with Crippen LogP contribution in [-0.2, 0) is 0 Å². The predicted molar refractivity (Wildman–Crippen MR) is 68.9 cm³/mol. The van der Waals surface area contributed by atoms with Crippen LogP contribution in [-0.4, -0.2) is 10.7 Å². The van der Waals surface area contributed by atoms with Crippen LogP contribution in [0, 0.1) is 17.8 Å². The SMILES string of the molecule is C#CCC(C)(O)[C@]1(CCC=C)CCCC1=C. The molecule has 1 nitrogen and oxygen atoms in total. The van der Waals surface area contributed by atoms with Gasteiger partial charge in [-0.15, -0.1) is 18.9 Å². The minimum Gasteiger partial charge on any atom is -0.388 e. The molecule has 1 heteroatoms. The van der Waals surface area contributed by atoms with Gasteiger partial charge < -0.3 is 5.11 Å². The van der Waals surface area contributed by atoms with Crippen molar-refractivity contribution in [2.75, 3.05) is 0 Å². The Morgan fingerprint density at radius 2 is 2.38 bits per heavy atom. The first kappa shape index (κ1) is 13.1. The fourth-order valence-electron chi connectivity index (χ4n) is 2.96. The topological polar surface area (TPSA) is 20.2 Å². The fraction of sp³-hybridized carbons (Fsp3) is 0.600. The molecule has 1 saturated carbocycles. The van der Waals surface area contributed by atoms with E-state index in [4.69, 9.17) is 6.42 Å². The van der Waals surface area contributed by atoms with Crippen LogP contribution in [0.15, 0.2) is 24.8 Å². The molecule has 0 aromatic heterocycles. The highest BCUT2D eigenvalue weighted by Gasteiger charge is 2.49. The van der Waals surface area contributed by atoms with Crippen LogP contribution in [0.5, 0.6) is 0 Å². The largest absolute Gasteiger partial charge is 0.388 e. The average Bonchev–Trinajstić information content (AvgIpc) is 2.58. The lowest BCUT2D eigenvalue weighted by atomic mass is 9.65. The summed E-state index contributed by atoms with van der Waals surface area (Å²) < 4.78 is 0. The Labute approximate surface area is 99.3 Å². The molecule has 1 N–H and O–H groups in total. The van der Waals surface area contributed by atoms with E-state index in [0.29, 0.717) is 6.42 Å². The molecule has 1 fully saturated rings. The van der Waals surface area contributed by atoms with Gasteiger partial charge in [-0.3, -0.25) is 0 Å². The van der Waals surface area contributed by atoms with Crippen molar-refractivity contribution < 1.29 is 5.11 Å². The smallest absolute Gasteiger partial charge is 0.0821 e. The lowest BCUT2D eigenvalue weighted by Crippen LogP contribution is -2.45. The molecular weight excluding hydrogens is 196 g/mol. The van der Waals surface area contributed by atoms with Gasteiger partial charge in [0.1, 0.15) is 0 Å². The van der Waals surface area contributed by atoms with Gasteiger partial charge >= 0.3 is 0 Å². The number of aliphatic hydroxyl groups is 1. The van der Waals surface area contributed by atoms with Gasteiger partial charge in [-0.25, -0.2) is 0 Å². The Morgan fingerprint density at radius 3 is 2.81 bits per heavy atom. The summed E-state index contributed by atoms with van der Waals surface area (Å²) in [5.74, 6) is 2.59. The molecule has 0 radical (unpaired) electrons. The molecule has 0 aromatic carbocycles. The third-order valence-electron chi connectivity index (χ3n) is 4.01. The third kappa shape index (κ3) is 2.08. The number of hydrogen-bond acceptors (Lipinski definition) is 1. The summed E-state index contributed by atoms with van der Waals surface area (Å²) in [4.78, 5) is 0. The molecule has 0 saturated heterocycles. The number of rotatable bonds is 5. The van der Waals surface area contributed by atoms with Gasteiger partial charge in [0.2, 0.25) is 0 Å². The van der Waals surface area contributed by atoms with E-state index in [1.54, 1.807) is 0 Å². The highest BCUT2D eigenvalue weighted by Crippen LogP contribution is 2.53. The van der Waals surface area contributed by atoms with Crippen LogP contribution in [0.1, 0.15) is 45.4 Å². The van der Waals surface area contributed by atoms with Gasteiger partial charge in [0.05, 0.1) is 5.60 Å². The second-order valence-electron chi connectivity index (χ2n) is 5.02. The number of terminal acetylenes is 1. The summed E-state index contributed by atoms with van der Waals surface area (Å²) in [5, 5.41) is 10.6. The molecule has 16 heavy (non-hydrogen) atoms. The van der Waals surface area contributed by atoms with E-state index in [2.05, 4.69) is 19.1 Å². The molecule has 2 atom stereocenters. The summed E-state index contributed by atoms with van der Waals surface area (Å²) in [5.41, 5.74) is 0.126. The first-order valence-electron chi connectivity index (χ1n) is 5.95. The van der Waals surface area contributed by atoms with Gasteiger partial charge in [-0.2, -0.15) is 0 Å². The van der Waals surface area contributed by atoms with Crippen molar-refractivity contribution in [3.8, 4) is 12.3 Å². The van der Waals surface area contributed by atoms with Gasteiger partial charge in [-0.05, 0) is 39.0 Å². The van der Waals surface area contributed by atoms with E-state index >= 15 is 0 Å². The maximum atomic E-state index is 10.6. The molecule has 0 aliphatic heterocycles. The third-order valence-corrected chi connectivity index (χ3v) is 4.01. The zero-order chi connectivity index (χ0) is 12.2. The van der Waals surface area contributed by atoms with Crippen molar-refractivity contribution >= 4 is 0 Å². The van der Waals surface area contributed by atoms with Crippen LogP contribution in [0.2, 0.25) is 0 Å². The van der Waals surface area contributed by atoms with Gasteiger partial charge in [0, 0.05) is 11.8 Å². The van der Waals surface area contributed by atoms with Gasteiger partial charge in [0.25, 0.3) is 0 Å². The van der Waals surface area contributed by atoms with Crippen molar-refractivity contribution in [2.24, 2.45) is 5.41 Å². The summed E-state index contributed by atoms with van der Waals surface area (Å²) in [7, 11) is 0. The number of allylic oxidation sites excluding steroid dienone is 1. The standard InChI is InChI=1S/C15H22O/c1-5-7-11-15(12-8-9-13(15)3)14(4,16)10-6-2/h2,5,16H,1,3,7-12H2,4H3/t14?,15-/m1/s1. The summed E-state index contributed by atoms with van der Waals surface area (Å²) in [6, 6.07) is 0. The van der Waals surface area contributed by atoms with Gasteiger partial charge in [0.15, 0.2) is 0 Å². The Balaban J connectivity index is 2.99. The maximum Gasteiger partial charge on any atom is 0.0821 e. The molecule has 0 amide bonds. The summed E-state index contributed by atoms with van der Waals surface area (Å²) >= 11 is 0. The van der Waals surface area contributed by atoms with Crippen molar-refractivity contribution in [2.45, 2.75) is 51.0 Å². The predicted octanol–water partition coefficient (Wildman–Crippen LogP) is 3.45. The normalized spacial score (nSPS) is 28.4. The van der Waals surface area contributed by atoms with Crippen molar-refractivity contribution in [3.63, 3.8) is 0 Å². The Bertz CT molecular complexity index is 319. The van der Waals surface area contributed by atoms with E-state index < -0.39 is 5.60 Å². The Morgan fingerprint density at radius 1 is 1.69 bits per heavy atom. The van der Waals surface area contributed by atoms with Crippen LogP contribution < -0.4 is 0 Å². The van der Waals surface area contributed by atoms with Crippen molar-refractivity contribution in [1.29, 1.82) is 0 Å². The van der Waals surface area contributed by atoms with Crippen LogP contribution in [0.25, 0.3) is 0 Å². The van der Waals surface area contributed by atoms with E-state index in [9.17, 15) is 5.11 Å². The Hall–Kier alpha value is -1.00. The van der Waals surface area contributed by atoms with Crippen molar-refractivity contribution in [1.82, 2.24) is 0 Å². The molecule has 88 valence electrons.